The van der Waals surface area contributed by atoms with E-state index in [0.717, 1.165) is 16.9 Å². The van der Waals surface area contributed by atoms with E-state index < -0.39 is 0 Å². The highest BCUT2D eigenvalue weighted by Gasteiger charge is 2.17. The van der Waals surface area contributed by atoms with Gasteiger partial charge in [-0.15, -0.1) is 0 Å². The second kappa shape index (κ2) is 8.03. The number of amides is 1. The summed E-state index contributed by atoms with van der Waals surface area (Å²) in [5.41, 5.74) is 3.09. The Morgan fingerprint density at radius 1 is 1.26 bits per heavy atom. The smallest absolute Gasteiger partial charge is 0.251 e. The van der Waals surface area contributed by atoms with Gasteiger partial charge in [0.05, 0.1) is 24.5 Å². The molecule has 1 N–H and O–H groups in total. The van der Waals surface area contributed by atoms with Gasteiger partial charge in [-0.05, 0) is 63.2 Å². The zero-order valence-corrected chi connectivity index (χ0v) is 15.6. The molecule has 0 aliphatic rings. The summed E-state index contributed by atoms with van der Waals surface area (Å²) in [5.74, 6) is 0.190. The lowest BCUT2D eigenvalue weighted by Crippen LogP contribution is -2.27. The fourth-order valence-corrected chi connectivity index (χ4v) is 2.94. The average molecular weight is 367 g/mol. The molecule has 1 aromatic heterocycles. The van der Waals surface area contributed by atoms with Crippen molar-refractivity contribution in [2.24, 2.45) is 0 Å². The van der Waals surface area contributed by atoms with E-state index in [-0.39, 0.29) is 17.8 Å². The summed E-state index contributed by atoms with van der Waals surface area (Å²) in [7, 11) is 0. The predicted octanol–water partition coefficient (Wildman–Crippen LogP) is 4.21. The van der Waals surface area contributed by atoms with Crippen molar-refractivity contribution in [1.29, 1.82) is 0 Å². The number of halogens is 1. The fraction of sp³-hybridized carbons (Fsp3) is 0.238. The first-order chi connectivity index (χ1) is 13.0. The summed E-state index contributed by atoms with van der Waals surface area (Å²) >= 11 is 0. The first-order valence-electron chi connectivity index (χ1n) is 8.83. The number of hydrogen-bond acceptors (Lipinski definition) is 3. The molecule has 1 heterocycles. The van der Waals surface area contributed by atoms with E-state index in [4.69, 9.17) is 4.74 Å². The van der Waals surface area contributed by atoms with E-state index in [2.05, 4.69) is 10.4 Å². The summed E-state index contributed by atoms with van der Waals surface area (Å²) in [6.45, 7) is 6.27. The number of rotatable bonds is 6. The zero-order valence-electron chi connectivity index (χ0n) is 15.6. The van der Waals surface area contributed by atoms with Gasteiger partial charge in [-0.25, -0.2) is 9.07 Å². The van der Waals surface area contributed by atoms with Crippen LogP contribution in [0, 0.1) is 12.7 Å². The summed E-state index contributed by atoms with van der Waals surface area (Å²) in [4.78, 5) is 12.6. The second-order valence-electron chi connectivity index (χ2n) is 6.23. The Hall–Kier alpha value is -3.15. The molecule has 1 unspecified atom stereocenters. The quantitative estimate of drug-likeness (QED) is 0.710. The minimum absolute atomic E-state index is 0.182. The molecule has 3 aromatic rings. The van der Waals surface area contributed by atoms with Crippen molar-refractivity contribution in [3.63, 3.8) is 0 Å². The maximum Gasteiger partial charge on any atom is 0.251 e. The molecule has 0 radical (unpaired) electrons. The van der Waals surface area contributed by atoms with Crippen molar-refractivity contribution in [2.45, 2.75) is 26.8 Å². The Morgan fingerprint density at radius 2 is 2.00 bits per heavy atom. The van der Waals surface area contributed by atoms with Crippen LogP contribution in [0.5, 0.6) is 5.75 Å². The Labute approximate surface area is 157 Å². The van der Waals surface area contributed by atoms with E-state index in [1.54, 1.807) is 41.2 Å². The Balaban J connectivity index is 1.76. The highest BCUT2D eigenvalue weighted by atomic mass is 19.1. The Bertz CT molecular complexity index is 935. The number of benzene rings is 2. The molecule has 140 valence electrons. The lowest BCUT2D eigenvalue weighted by Gasteiger charge is -2.15. The molecule has 5 nitrogen and oxygen atoms in total. The Morgan fingerprint density at radius 3 is 2.70 bits per heavy atom. The summed E-state index contributed by atoms with van der Waals surface area (Å²) in [5, 5.41) is 7.37. The number of aromatic nitrogens is 2. The van der Waals surface area contributed by atoms with Crippen LogP contribution in [0.3, 0.4) is 0 Å². The number of ether oxygens (including phenoxy) is 1. The van der Waals surface area contributed by atoms with Crippen LogP contribution in [0.25, 0.3) is 5.69 Å². The monoisotopic (exact) mass is 367 g/mol. The zero-order chi connectivity index (χ0) is 19.4. The first kappa shape index (κ1) is 18.6. The van der Waals surface area contributed by atoms with Crippen molar-refractivity contribution >= 4 is 5.91 Å². The van der Waals surface area contributed by atoms with Gasteiger partial charge < -0.3 is 10.1 Å². The van der Waals surface area contributed by atoms with E-state index in [1.807, 2.05) is 26.8 Å². The van der Waals surface area contributed by atoms with Crippen LogP contribution in [0.1, 0.15) is 41.5 Å². The van der Waals surface area contributed by atoms with Gasteiger partial charge in [-0.1, -0.05) is 6.07 Å². The molecule has 1 amide bonds. The summed E-state index contributed by atoms with van der Waals surface area (Å²) in [6.07, 6.45) is 1.72. The van der Waals surface area contributed by atoms with Crippen LogP contribution in [0.15, 0.2) is 54.7 Å². The number of nitrogens with zero attached hydrogens (tertiary/aromatic N) is 2. The van der Waals surface area contributed by atoms with Gasteiger partial charge >= 0.3 is 0 Å². The third-order valence-corrected chi connectivity index (χ3v) is 4.34. The molecule has 0 saturated heterocycles. The van der Waals surface area contributed by atoms with Gasteiger partial charge in [0.25, 0.3) is 5.91 Å². The second-order valence-corrected chi connectivity index (χ2v) is 6.23. The van der Waals surface area contributed by atoms with Crippen LogP contribution in [0.4, 0.5) is 4.39 Å². The van der Waals surface area contributed by atoms with Crippen molar-refractivity contribution in [1.82, 2.24) is 15.1 Å². The van der Waals surface area contributed by atoms with Crippen LogP contribution < -0.4 is 10.1 Å². The molecule has 0 spiro atoms. The number of hydrogen-bond donors (Lipinski definition) is 1. The third-order valence-electron chi connectivity index (χ3n) is 4.34. The largest absolute Gasteiger partial charge is 0.494 e. The highest BCUT2D eigenvalue weighted by Crippen LogP contribution is 2.21. The van der Waals surface area contributed by atoms with E-state index in [1.165, 1.54) is 12.1 Å². The fourth-order valence-electron chi connectivity index (χ4n) is 2.94. The maximum atomic E-state index is 13.1. The van der Waals surface area contributed by atoms with Crippen molar-refractivity contribution in [2.75, 3.05) is 6.61 Å². The molecule has 0 aliphatic carbocycles. The van der Waals surface area contributed by atoms with Crippen LogP contribution >= 0.6 is 0 Å². The molecule has 6 heteroatoms. The minimum atomic E-state index is -0.293. The van der Waals surface area contributed by atoms with E-state index in [9.17, 15) is 9.18 Å². The molecule has 1 atom stereocenters. The molecule has 2 aromatic carbocycles. The SMILES string of the molecule is CCOc1cccc(C(=O)NC(C)c2cnn(-c3ccc(F)cc3)c2C)c1. The Kier molecular flexibility index (Phi) is 5.54. The third kappa shape index (κ3) is 4.16. The molecule has 0 saturated carbocycles. The lowest BCUT2D eigenvalue weighted by molar-refractivity contribution is 0.0939. The molecule has 27 heavy (non-hydrogen) atoms. The molecular formula is C21H22FN3O2. The first-order valence-corrected chi connectivity index (χ1v) is 8.83. The minimum Gasteiger partial charge on any atom is -0.494 e. The van der Waals surface area contributed by atoms with Crippen molar-refractivity contribution < 1.29 is 13.9 Å². The molecular weight excluding hydrogens is 345 g/mol. The average Bonchev–Trinajstić information content (AvgIpc) is 3.04. The van der Waals surface area contributed by atoms with Crippen LogP contribution in [-0.2, 0) is 0 Å². The number of carbonyl (C=O) groups is 1. The topological polar surface area (TPSA) is 56.1 Å². The number of nitrogens with one attached hydrogen (secondary N) is 1. The van der Waals surface area contributed by atoms with Gasteiger partial charge in [0.2, 0.25) is 0 Å². The molecule has 0 bridgehead atoms. The molecule has 0 aliphatic heterocycles. The van der Waals surface area contributed by atoms with Crippen molar-refractivity contribution in [3.05, 3.63) is 77.4 Å². The van der Waals surface area contributed by atoms with Gasteiger partial charge in [0.1, 0.15) is 11.6 Å². The predicted molar refractivity (Wildman–Crippen MR) is 102 cm³/mol. The lowest BCUT2D eigenvalue weighted by atomic mass is 10.1. The van der Waals surface area contributed by atoms with Crippen LogP contribution in [-0.4, -0.2) is 22.3 Å². The molecule has 0 fully saturated rings. The highest BCUT2D eigenvalue weighted by molar-refractivity contribution is 5.94. The summed E-state index contributed by atoms with van der Waals surface area (Å²) < 4.78 is 20.3. The normalized spacial score (nSPS) is 11.9. The number of carbonyl (C=O) groups excluding carboxylic acids is 1. The maximum absolute atomic E-state index is 13.1. The van der Waals surface area contributed by atoms with Gasteiger partial charge in [0, 0.05) is 16.8 Å². The summed E-state index contributed by atoms with van der Waals surface area (Å²) in [6, 6.07) is 13.0. The molecule has 3 rings (SSSR count). The van der Waals surface area contributed by atoms with Gasteiger partial charge in [-0.3, -0.25) is 4.79 Å². The van der Waals surface area contributed by atoms with Crippen molar-refractivity contribution in [3.8, 4) is 11.4 Å². The standard InChI is InChI=1S/C21H22FN3O2/c1-4-27-19-7-5-6-16(12-19)21(26)24-14(2)20-13-23-25(15(20)3)18-10-8-17(22)9-11-18/h5-14H,4H2,1-3H3,(H,24,26). The van der Waals surface area contributed by atoms with E-state index in [0.29, 0.717) is 17.9 Å². The van der Waals surface area contributed by atoms with Gasteiger partial charge in [0.15, 0.2) is 0 Å². The van der Waals surface area contributed by atoms with E-state index >= 15 is 0 Å². The van der Waals surface area contributed by atoms with Gasteiger partial charge in [-0.2, -0.15) is 5.10 Å². The van der Waals surface area contributed by atoms with Crippen LogP contribution in [0.2, 0.25) is 0 Å².